The summed E-state index contributed by atoms with van der Waals surface area (Å²) in [5.41, 5.74) is 7.30. The Morgan fingerprint density at radius 2 is 1.88 bits per heavy atom. The van der Waals surface area contributed by atoms with Crippen LogP contribution in [0.25, 0.3) is 0 Å². The summed E-state index contributed by atoms with van der Waals surface area (Å²) in [5, 5.41) is 8.57. The minimum atomic E-state index is -1.08. The van der Waals surface area contributed by atoms with Gasteiger partial charge >= 0.3 is 5.97 Å². The van der Waals surface area contributed by atoms with Gasteiger partial charge in [-0.3, -0.25) is 9.59 Å². The first-order valence-corrected chi connectivity index (χ1v) is 5.23. The van der Waals surface area contributed by atoms with E-state index in [0.29, 0.717) is 5.69 Å². The van der Waals surface area contributed by atoms with E-state index in [2.05, 4.69) is 0 Å². The number of carboxylic acid groups (broad SMARTS) is 1. The molecule has 0 spiro atoms. The lowest BCUT2D eigenvalue weighted by atomic mass is 10.1. The maximum Gasteiger partial charge on any atom is 0.305 e. The third kappa shape index (κ3) is 3.57. The number of carbonyl (C=O) groups excluding carboxylic acids is 1. The molecule has 0 bridgehead atoms. The summed E-state index contributed by atoms with van der Waals surface area (Å²) in [6.45, 7) is 1.95. The monoisotopic (exact) mass is 236 g/mol. The van der Waals surface area contributed by atoms with E-state index in [4.69, 9.17) is 10.8 Å². The predicted molar refractivity (Wildman–Crippen MR) is 64.8 cm³/mol. The SMILES string of the molecule is Cc1ccc(N(C)C(=O)C(N)CC(=O)O)cc1. The molecule has 5 heteroatoms. The molecule has 92 valence electrons. The number of rotatable bonds is 4. The van der Waals surface area contributed by atoms with Gasteiger partial charge in [-0.25, -0.2) is 0 Å². The van der Waals surface area contributed by atoms with Gasteiger partial charge in [0.15, 0.2) is 0 Å². The molecule has 1 aromatic carbocycles. The number of hydrogen-bond acceptors (Lipinski definition) is 3. The molecule has 1 aromatic rings. The van der Waals surface area contributed by atoms with E-state index in [-0.39, 0.29) is 6.42 Å². The number of anilines is 1. The Morgan fingerprint density at radius 1 is 1.35 bits per heavy atom. The fraction of sp³-hybridized carbons (Fsp3) is 0.333. The molecule has 0 aliphatic heterocycles. The van der Waals surface area contributed by atoms with E-state index in [1.807, 2.05) is 19.1 Å². The number of carbonyl (C=O) groups is 2. The molecule has 0 fully saturated rings. The lowest BCUT2D eigenvalue weighted by Crippen LogP contribution is -2.43. The van der Waals surface area contributed by atoms with Crippen molar-refractivity contribution < 1.29 is 14.7 Å². The number of amides is 1. The summed E-state index contributed by atoms with van der Waals surface area (Å²) in [6.07, 6.45) is -0.366. The van der Waals surface area contributed by atoms with Crippen LogP contribution in [0.15, 0.2) is 24.3 Å². The number of likely N-dealkylation sites (N-methyl/N-ethyl adjacent to an activating group) is 1. The maximum atomic E-state index is 11.8. The third-order valence-electron chi connectivity index (χ3n) is 2.46. The smallest absolute Gasteiger partial charge is 0.305 e. The zero-order valence-electron chi connectivity index (χ0n) is 9.88. The molecule has 17 heavy (non-hydrogen) atoms. The van der Waals surface area contributed by atoms with Gasteiger partial charge in [0, 0.05) is 12.7 Å². The fourth-order valence-electron chi connectivity index (χ4n) is 1.42. The molecular formula is C12H16N2O3. The quantitative estimate of drug-likeness (QED) is 0.808. The maximum absolute atomic E-state index is 11.8. The summed E-state index contributed by atoms with van der Waals surface area (Å²) < 4.78 is 0. The Morgan fingerprint density at radius 3 is 2.35 bits per heavy atom. The van der Waals surface area contributed by atoms with E-state index in [1.54, 1.807) is 19.2 Å². The molecule has 0 aliphatic carbocycles. The van der Waals surface area contributed by atoms with Gasteiger partial charge in [0.25, 0.3) is 0 Å². The summed E-state index contributed by atoms with van der Waals surface area (Å²) in [4.78, 5) is 23.6. The molecule has 5 nitrogen and oxygen atoms in total. The van der Waals surface area contributed by atoms with Crippen LogP contribution >= 0.6 is 0 Å². The van der Waals surface area contributed by atoms with E-state index in [9.17, 15) is 9.59 Å². The number of aliphatic carboxylic acids is 1. The van der Waals surface area contributed by atoms with E-state index >= 15 is 0 Å². The van der Waals surface area contributed by atoms with Crippen LogP contribution in [0.5, 0.6) is 0 Å². The van der Waals surface area contributed by atoms with Gasteiger partial charge < -0.3 is 15.7 Å². The second kappa shape index (κ2) is 5.45. The number of aryl methyl sites for hydroxylation is 1. The topological polar surface area (TPSA) is 83.6 Å². The highest BCUT2D eigenvalue weighted by molar-refractivity contribution is 5.98. The Kier molecular flexibility index (Phi) is 4.23. The lowest BCUT2D eigenvalue weighted by molar-refractivity contribution is -0.139. The largest absolute Gasteiger partial charge is 0.481 e. The van der Waals surface area contributed by atoms with Gasteiger partial charge in [-0.1, -0.05) is 17.7 Å². The molecule has 0 saturated heterocycles. The molecule has 1 atom stereocenters. The predicted octanol–water partition coefficient (Wildman–Crippen LogP) is 0.760. The van der Waals surface area contributed by atoms with Gasteiger partial charge in [-0.15, -0.1) is 0 Å². The van der Waals surface area contributed by atoms with E-state index in [0.717, 1.165) is 5.56 Å². The Balaban J connectivity index is 2.75. The highest BCUT2D eigenvalue weighted by atomic mass is 16.4. The number of benzene rings is 1. The van der Waals surface area contributed by atoms with Gasteiger partial charge in [0.2, 0.25) is 5.91 Å². The number of hydrogen-bond donors (Lipinski definition) is 2. The van der Waals surface area contributed by atoms with Crippen molar-refractivity contribution in [2.45, 2.75) is 19.4 Å². The highest BCUT2D eigenvalue weighted by Gasteiger charge is 2.21. The van der Waals surface area contributed by atoms with Crippen molar-refractivity contribution in [2.24, 2.45) is 5.73 Å². The van der Waals surface area contributed by atoms with Crippen molar-refractivity contribution in [3.63, 3.8) is 0 Å². The van der Waals surface area contributed by atoms with Gasteiger partial charge in [-0.2, -0.15) is 0 Å². The van der Waals surface area contributed by atoms with E-state index in [1.165, 1.54) is 4.90 Å². The minimum Gasteiger partial charge on any atom is -0.481 e. The summed E-state index contributed by atoms with van der Waals surface area (Å²) in [7, 11) is 1.58. The van der Waals surface area contributed by atoms with Crippen molar-refractivity contribution >= 4 is 17.6 Å². The molecule has 0 saturated carbocycles. The molecule has 0 aromatic heterocycles. The van der Waals surface area contributed by atoms with Crippen molar-refractivity contribution in [3.8, 4) is 0 Å². The Hall–Kier alpha value is -1.88. The van der Waals surface area contributed by atoms with Crippen LogP contribution in [0.1, 0.15) is 12.0 Å². The highest BCUT2D eigenvalue weighted by Crippen LogP contribution is 2.14. The molecule has 0 heterocycles. The molecule has 3 N–H and O–H groups in total. The zero-order chi connectivity index (χ0) is 13.0. The Labute approximate surface area is 99.8 Å². The van der Waals surface area contributed by atoms with Gasteiger partial charge in [0.05, 0.1) is 12.5 Å². The second-order valence-electron chi connectivity index (χ2n) is 3.94. The zero-order valence-corrected chi connectivity index (χ0v) is 9.88. The average molecular weight is 236 g/mol. The van der Waals surface area contributed by atoms with Crippen molar-refractivity contribution in [1.29, 1.82) is 0 Å². The normalized spacial score (nSPS) is 11.9. The van der Waals surface area contributed by atoms with Crippen LogP contribution in [0.4, 0.5) is 5.69 Å². The first kappa shape index (κ1) is 13.2. The summed E-state index contributed by atoms with van der Waals surface area (Å²) >= 11 is 0. The van der Waals surface area contributed by atoms with Crippen LogP contribution in [0.3, 0.4) is 0 Å². The van der Waals surface area contributed by atoms with Crippen LogP contribution in [-0.2, 0) is 9.59 Å². The fourth-order valence-corrected chi connectivity index (χ4v) is 1.42. The van der Waals surface area contributed by atoms with Crippen molar-refractivity contribution in [2.75, 3.05) is 11.9 Å². The van der Waals surface area contributed by atoms with Crippen LogP contribution in [-0.4, -0.2) is 30.1 Å². The second-order valence-corrected chi connectivity index (χ2v) is 3.94. The van der Waals surface area contributed by atoms with Crippen LogP contribution in [0, 0.1) is 6.92 Å². The van der Waals surface area contributed by atoms with Gasteiger partial charge in [0.1, 0.15) is 0 Å². The molecule has 1 rings (SSSR count). The van der Waals surface area contributed by atoms with Crippen LogP contribution < -0.4 is 10.6 Å². The van der Waals surface area contributed by atoms with Crippen molar-refractivity contribution in [1.82, 2.24) is 0 Å². The number of nitrogens with two attached hydrogens (primary N) is 1. The van der Waals surface area contributed by atoms with E-state index < -0.39 is 17.9 Å². The summed E-state index contributed by atoms with van der Waals surface area (Å²) in [6, 6.07) is 6.32. The molecular weight excluding hydrogens is 220 g/mol. The first-order valence-electron chi connectivity index (χ1n) is 5.23. The standard InChI is InChI=1S/C12H16N2O3/c1-8-3-5-9(6-4-8)14(2)12(17)10(13)7-11(15)16/h3-6,10H,7,13H2,1-2H3,(H,15,16). The minimum absolute atomic E-state index is 0.366. The first-order chi connectivity index (χ1) is 7.91. The summed E-state index contributed by atoms with van der Waals surface area (Å²) in [5.74, 6) is -1.49. The molecule has 0 radical (unpaired) electrons. The lowest BCUT2D eigenvalue weighted by Gasteiger charge is -2.20. The molecule has 1 amide bonds. The van der Waals surface area contributed by atoms with Crippen LogP contribution in [0.2, 0.25) is 0 Å². The number of nitrogens with zero attached hydrogens (tertiary/aromatic N) is 1. The van der Waals surface area contributed by atoms with Gasteiger partial charge in [-0.05, 0) is 19.1 Å². The third-order valence-corrected chi connectivity index (χ3v) is 2.46. The molecule has 1 unspecified atom stereocenters. The Bertz CT molecular complexity index is 414. The average Bonchev–Trinajstić information content (AvgIpc) is 2.27. The molecule has 0 aliphatic rings. The van der Waals surface area contributed by atoms with Crippen molar-refractivity contribution in [3.05, 3.63) is 29.8 Å². The number of carboxylic acids is 1.